The van der Waals surface area contributed by atoms with Crippen LogP contribution in [0.25, 0.3) is 0 Å². The van der Waals surface area contributed by atoms with Gasteiger partial charge in [-0.25, -0.2) is 4.79 Å². The van der Waals surface area contributed by atoms with Crippen LogP contribution in [0.2, 0.25) is 0 Å². The Bertz CT molecular complexity index is 416. The Hall–Kier alpha value is -1.71. The zero-order valence-electron chi connectivity index (χ0n) is 11.5. The van der Waals surface area contributed by atoms with Crippen molar-refractivity contribution in [2.45, 2.75) is 46.3 Å². The lowest BCUT2D eigenvalue weighted by Gasteiger charge is -2.16. The normalized spacial score (nSPS) is 12.3. The predicted octanol–water partition coefficient (Wildman–Crippen LogP) is 3.04. The molecule has 0 unspecified atom stereocenters. The average molecular weight is 250 g/mol. The molecule has 4 heteroatoms. The van der Waals surface area contributed by atoms with Gasteiger partial charge in [0.25, 0.3) is 0 Å². The number of hydrogen-bond acceptors (Lipinski definition) is 4. The number of ether oxygens (including phenoxy) is 1. The van der Waals surface area contributed by atoms with Gasteiger partial charge in [0.05, 0.1) is 23.0 Å². The van der Waals surface area contributed by atoms with Crippen LogP contribution in [0.1, 0.15) is 44.5 Å². The van der Waals surface area contributed by atoms with E-state index < -0.39 is 0 Å². The molecular weight excluding hydrogens is 228 g/mol. The van der Waals surface area contributed by atoms with E-state index in [0.717, 1.165) is 12.1 Å². The van der Waals surface area contributed by atoms with Gasteiger partial charge in [-0.3, -0.25) is 0 Å². The lowest BCUT2D eigenvalue weighted by atomic mass is 10.1. The Morgan fingerprint density at radius 1 is 1.39 bits per heavy atom. The summed E-state index contributed by atoms with van der Waals surface area (Å²) in [5, 5.41) is 3.29. The van der Waals surface area contributed by atoms with Gasteiger partial charge in [-0.15, -0.1) is 0 Å². The van der Waals surface area contributed by atoms with Gasteiger partial charge in [0.15, 0.2) is 0 Å². The number of carbonyl (C=O) groups is 1. The zero-order chi connectivity index (χ0) is 13.7. The summed E-state index contributed by atoms with van der Waals surface area (Å²) in [7, 11) is 0. The second kappa shape index (κ2) is 6.28. The van der Waals surface area contributed by atoms with Crippen molar-refractivity contribution in [2.24, 2.45) is 0 Å². The summed E-state index contributed by atoms with van der Waals surface area (Å²) in [6.45, 7) is 7.82. The van der Waals surface area contributed by atoms with Gasteiger partial charge in [0, 0.05) is 6.04 Å². The van der Waals surface area contributed by atoms with Crippen LogP contribution in [0.4, 0.5) is 11.4 Å². The van der Waals surface area contributed by atoms with Crippen LogP contribution in [0.3, 0.4) is 0 Å². The number of carbonyl (C=O) groups excluding carboxylic acids is 1. The Morgan fingerprint density at radius 2 is 2.06 bits per heavy atom. The van der Waals surface area contributed by atoms with Crippen molar-refractivity contribution < 1.29 is 9.53 Å². The molecule has 3 N–H and O–H groups in total. The molecule has 18 heavy (non-hydrogen) atoms. The quantitative estimate of drug-likeness (QED) is 0.622. The van der Waals surface area contributed by atoms with Gasteiger partial charge in [0.1, 0.15) is 0 Å². The Kier molecular flexibility index (Phi) is 5.01. The maximum absolute atomic E-state index is 11.7. The Morgan fingerprint density at radius 3 is 2.56 bits per heavy atom. The van der Waals surface area contributed by atoms with Crippen molar-refractivity contribution in [2.75, 3.05) is 11.1 Å². The highest BCUT2D eigenvalue weighted by molar-refractivity contribution is 5.92. The molecule has 0 radical (unpaired) electrons. The summed E-state index contributed by atoms with van der Waals surface area (Å²) in [6, 6.07) is 5.54. The first kappa shape index (κ1) is 14.4. The molecule has 0 aliphatic rings. The molecule has 0 heterocycles. The van der Waals surface area contributed by atoms with Crippen LogP contribution in [0.5, 0.6) is 0 Å². The van der Waals surface area contributed by atoms with E-state index >= 15 is 0 Å². The molecule has 0 aromatic heterocycles. The van der Waals surface area contributed by atoms with Crippen molar-refractivity contribution in [1.82, 2.24) is 0 Å². The molecule has 0 saturated carbocycles. The standard InChI is InChI=1S/C14H22N2O2/c1-5-10(4)16-13-7-6-11(8-12(13)15)14(17)18-9(2)3/h6-10,16H,5,15H2,1-4H3/t10-/m0/s1. The van der Waals surface area contributed by atoms with Gasteiger partial charge < -0.3 is 15.8 Å². The second-order valence-electron chi connectivity index (χ2n) is 4.71. The largest absolute Gasteiger partial charge is 0.459 e. The Labute approximate surface area is 109 Å². The predicted molar refractivity (Wildman–Crippen MR) is 74.8 cm³/mol. The van der Waals surface area contributed by atoms with E-state index in [9.17, 15) is 4.79 Å². The van der Waals surface area contributed by atoms with E-state index in [4.69, 9.17) is 10.5 Å². The third-order valence-corrected chi connectivity index (χ3v) is 2.64. The first-order chi connectivity index (χ1) is 8.43. The number of rotatable bonds is 5. The minimum absolute atomic E-state index is 0.128. The SMILES string of the molecule is CC[C@H](C)Nc1ccc(C(=O)OC(C)C)cc1N. The fourth-order valence-electron chi connectivity index (χ4n) is 1.47. The smallest absolute Gasteiger partial charge is 0.338 e. The summed E-state index contributed by atoms with van der Waals surface area (Å²) in [6.07, 6.45) is 0.882. The summed E-state index contributed by atoms with van der Waals surface area (Å²) in [5.41, 5.74) is 7.82. The molecule has 0 aliphatic carbocycles. The highest BCUT2D eigenvalue weighted by Crippen LogP contribution is 2.21. The van der Waals surface area contributed by atoms with Gasteiger partial charge in [-0.1, -0.05) is 6.92 Å². The van der Waals surface area contributed by atoms with Crippen molar-refractivity contribution in [3.63, 3.8) is 0 Å². The highest BCUT2D eigenvalue weighted by atomic mass is 16.5. The van der Waals surface area contributed by atoms with E-state index in [0.29, 0.717) is 17.3 Å². The number of anilines is 2. The fraction of sp³-hybridized carbons (Fsp3) is 0.500. The van der Waals surface area contributed by atoms with Gasteiger partial charge in [-0.05, 0) is 45.4 Å². The summed E-state index contributed by atoms with van der Waals surface area (Å²) in [4.78, 5) is 11.7. The molecule has 0 amide bonds. The van der Waals surface area contributed by atoms with Crippen LogP contribution in [0.15, 0.2) is 18.2 Å². The summed E-state index contributed by atoms with van der Waals surface area (Å²) in [5.74, 6) is -0.341. The van der Waals surface area contributed by atoms with Crippen molar-refractivity contribution in [1.29, 1.82) is 0 Å². The molecule has 0 saturated heterocycles. The number of hydrogen-bond donors (Lipinski definition) is 2. The van der Waals surface area contributed by atoms with Crippen LogP contribution in [-0.4, -0.2) is 18.1 Å². The lowest BCUT2D eigenvalue weighted by molar-refractivity contribution is 0.0378. The van der Waals surface area contributed by atoms with E-state index in [-0.39, 0.29) is 12.1 Å². The number of nitrogens with two attached hydrogens (primary N) is 1. The monoisotopic (exact) mass is 250 g/mol. The topological polar surface area (TPSA) is 64.3 Å². The van der Waals surface area contributed by atoms with Crippen LogP contribution >= 0.6 is 0 Å². The molecule has 1 aromatic rings. The van der Waals surface area contributed by atoms with Crippen molar-refractivity contribution in [3.8, 4) is 0 Å². The van der Waals surface area contributed by atoms with Crippen LogP contribution < -0.4 is 11.1 Å². The number of nitrogens with one attached hydrogen (secondary N) is 1. The molecule has 100 valence electrons. The van der Waals surface area contributed by atoms with Crippen molar-refractivity contribution in [3.05, 3.63) is 23.8 Å². The number of esters is 1. The van der Waals surface area contributed by atoms with Gasteiger partial charge >= 0.3 is 5.97 Å². The summed E-state index contributed by atoms with van der Waals surface area (Å²) >= 11 is 0. The third-order valence-electron chi connectivity index (χ3n) is 2.64. The fourth-order valence-corrected chi connectivity index (χ4v) is 1.47. The van der Waals surface area contributed by atoms with Crippen molar-refractivity contribution >= 4 is 17.3 Å². The minimum Gasteiger partial charge on any atom is -0.459 e. The molecule has 0 fully saturated rings. The molecule has 0 spiro atoms. The average Bonchev–Trinajstić information content (AvgIpc) is 2.30. The second-order valence-corrected chi connectivity index (χ2v) is 4.71. The molecule has 0 aliphatic heterocycles. The van der Waals surface area contributed by atoms with E-state index in [1.54, 1.807) is 12.1 Å². The first-order valence-corrected chi connectivity index (χ1v) is 6.31. The van der Waals surface area contributed by atoms with Crippen LogP contribution in [0, 0.1) is 0 Å². The van der Waals surface area contributed by atoms with E-state index in [2.05, 4.69) is 19.2 Å². The van der Waals surface area contributed by atoms with Gasteiger partial charge in [-0.2, -0.15) is 0 Å². The maximum Gasteiger partial charge on any atom is 0.338 e. The summed E-state index contributed by atoms with van der Waals surface area (Å²) < 4.78 is 5.12. The van der Waals surface area contributed by atoms with Gasteiger partial charge in [0.2, 0.25) is 0 Å². The number of benzene rings is 1. The molecule has 1 rings (SSSR count). The van der Waals surface area contributed by atoms with Crippen LogP contribution in [-0.2, 0) is 4.74 Å². The Balaban J connectivity index is 2.82. The number of nitrogen functional groups attached to an aromatic ring is 1. The third kappa shape index (κ3) is 3.95. The zero-order valence-corrected chi connectivity index (χ0v) is 11.5. The van der Waals surface area contributed by atoms with E-state index in [1.807, 2.05) is 19.9 Å². The molecular formula is C14H22N2O2. The first-order valence-electron chi connectivity index (χ1n) is 6.31. The molecule has 1 aromatic carbocycles. The highest BCUT2D eigenvalue weighted by Gasteiger charge is 2.11. The molecule has 4 nitrogen and oxygen atoms in total. The maximum atomic E-state index is 11.7. The molecule has 0 bridgehead atoms. The lowest BCUT2D eigenvalue weighted by Crippen LogP contribution is -2.16. The minimum atomic E-state index is -0.341. The van der Waals surface area contributed by atoms with E-state index in [1.165, 1.54) is 0 Å². The molecule has 1 atom stereocenters.